The highest BCUT2D eigenvalue weighted by Gasteiger charge is 2.22. The van der Waals surface area contributed by atoms with Crippen LogP contribution in [0.25, 0.3) is 0 Å². The predicted molar refractivity (Wildman–Crippen MR) is 81.0 cm³/mol. The molecule has 0 unspecified atom stereocenters. The summed E-state index contributed by atoms with van der Waals surface area (Å²) in [6.45, 7) is 2.99. The largest absolute Gasteiger partial charge is 0.465 e. The fourth-order valence-corrected chi connectivity index (χ4v) is 2.36. The number of anilines is 1. The zero-order chi connectivity index (χ0) is 16.8. The van der Waals surface area contributed by atoms with E-state index in [0.29, 0.717) is 6.54 Å². The molecule has 0 aromatic heterocycles. The number of carbonyl (C=O) groups is 2. The maximum atomic E-state index is 11.6. The van der Waals surface area contributed by atoms with Crippen LogP contribution in [0.2, 0.25) is 0 Å². The second kappa shape index (κ2) is 7.76. The number of amides is 1. The molecule has 1 amide bonds. The van der Waals surface area contributed by atoms with E-state index in [-0.39, 0.29) is 18.2 Å². The van der Waals surface area contributed by atoms with Crippen LogP contribution < -0.4 is 14.8 Å². The molecule has 0 saturated heterocycles. The summed E-state index contributed by atoms with van der Waals surface area (Å²) >= 11 is 0. The third kappa shape index (κ3) is 5.70. The van der Waals surface area contributed by atoms with Gasteiger partial charge in [-0.3, -0.25) is 9.59 Å². The summed E-state index contributed by atoms with van der Waals surface area (Å²) in [6.07, 6.45) is 0. The number of nitrogens with zero attached hydrogens (tertiary/aromatic N) is 1. The van der Waals surface area contributed by atoms with Gasteiger partial charge in [0.2, 0.25) is 5.91 Å². The smallest absolute Gasteiger partial charge is 0.326 e. The van der Waals surface area contributed by atoms with E-state index in [9.17, 15) is 18.0 Å². The standard InChI is InChI=1S/C13H19N3O5S/c1-3-21-13(18)9-16(22(14,19)20)12-6-4-11(5-7-12)8-15-10(2)17/h4-7H,3,8-9H2,1-2H3,(H,15,17)(H2,14,19,20). The van der Waals surface area contributed by atoms with Crippen molar-refractivity contribution in [2.45, 2.75) is 20.4 Å². The number of hydrogen-bond donors (Lipinski definition) is 2. The average molecular weight is 329 g/mol. The Bertz CT molecular complexity index is 628. The molecule has 0 spiro atoms. The van der Waals surface area contributed by atoms with Crippen molar-refractivity contribution < 1.29 is 22.7 Å². The molecule has 3 N–H and O–H groups in total. The van der Waals surface area contributed by atoms with E-state index in [4.69, 9.17) is 9.88 Å². The van der Waals surface area contributed by atoms with Gasteiger partial charge in [0.1, 0.15) is 6.54 Å². The first-order valence-corrected chi connectivity index (χ1v) is 8.03. The van der Waals surface area contributed by atoms with Crippen molar-refractivity contribution in [1.82, 2.24) is 5.32 Å². The Morgan fingerprint density at radius 2 is 1.86 bits per heavy atom. The van der Waals surface area contributed by atoms with Crippen molar-refractivity contribution in [2.75, 3.05) is 17.5 Å². The molecule has 1 aromatic rings. The molecule has 122 valence electrons. The Morgan fingerprint density at radius 3 is 2.32 bits per heavy atom. The van der Waals surface area contributed by atoms with Crippen LogP contribution in [-0.4, -0.2) is 33.4 Å². The molecule has 9 heteroatoms. The lowest BCUT2D eigenvalue weighted by Gasteiger charge is -2.21. The zero-order valence-corrected chi connectivity index (χ0v) is 13.2. The van der Waals surface area contributed by atoms with Crippen LogP contribution in [-0.2, 0) is 31.1 Å². The summed E-state index contributed by atoms with van der Waals surface area (Å²) in [5, 5.41) is 7.75. The number of esters is 1. The predicted octanol–water partition coefficient (Wildman–Crippen LogP) is -0.104. The van der Waals surface area contributed by atoms with E-state index in [1.54, 1.807) is 19.1 Å². The summed E-state index contributed by atoms with van der Waals surface area (Å²) in [4.78, 5) is 22.3. The van der Waals surface area contributed by atoms with Gasteiger partial charge in [0, 0.05) is 13.5 Å². The lowest BCUT2D eigenvalue weighted by atomic mass is 10.2. The Morgan fingerprint density at radius 1 is 1.27 bits per heavy atom. The fraction of sp³-hybridized carbons (Fsp3) is 0.385. The van der Waals surface area contributed by atoms with Crippen LogP contribution in [0.3, 0.4) is 0 Å². The highest BCUT2D eigenvalue weighted by molar-refractivity contribution is 7.90. The molecular weight excluding hydrogens is 310 g/mol. The van der Waals surface area contributed by atoms with Gasteiger partial charge in [0.15, 0.2) is 0 Å². The number of ether oxygens (including phenoxy) is 1. The first-order valence-electron chi connectivity index (χ1n) is 6.53. The van der Waals surface area contributed by atoms with Crippen LogP contribution in [0, 0.1) is 0 Å². The van der Waals surface area contributed by atoms with Gasteiger partial charge in [0.05, 0.1) is 12.3 Å². The number of nitrogens with one attached hydrogen (secondary N) is 1. The molecule has 0 radical (unpaired) electrons. The maximum absolute atomic E-state index is 11.6. The quantitative estimate of drug-likeness (QED) is 0.677. The van der Waals surface area contributed by atoms with Crippen molar-refractivity contribution >= 4 is 27.8 Å². The summed E-state index contributed by atoms with van der Waals surface area (Å²) in [7, 11) is -4.11. The number of benzene rings is 1. The molecule has 22 heavy (non-hydrogen) atoms. The monoisotopic (exact) mass is 329 g/mol. The minimum atomic E-state index is -4.11. The van der Waals surface area contributed by atoms with Crippen molar-refractivity contribution in [3.63, 3.8) is 0 Å². The van der Waals surface area contributed by atoms with Gasteiger partial charge < -0.3 is 10.1 Å². The molecule has 0 aliphatic rings. The van der Waals surface area contributed by atoms with Gasteiger partial charge in [-0.25, -0.2) is 9.44 Å². The van der Waals surface area contributed by atoms with Crippen LogP contribution in [0.5, 0.6) is 0 Å². The second-order valence-corrected chi connectivity index (χ2v) is 5.90. The number of nitrogens with two attached hydrogens (primary N) is 1. The normalized spacial score (nSPS) is 10.9. The van der Waals surface area contributed by atoms with E-state index in [0.717, 1.165) is 9.87 Å². The average Bonchev–Trinajstić information content (AvgIpc) is 2.42. The number of carbonyl (C=O) groups excluding carboxylic acids is 2. The van der Waals surface area contributed by atoms with Gasteiger partial charge in [-0.05, 0) is 24.6 Å². The highest BCUT2D eigenvalue weighted by Crippen LogP contribution is 2.17. The minimum absolute atomic E-state index is 0.146. The third-order valence-electron chi connectivity index (χ3n) is 2.65. The highest BCUT2D eigenvalue weighted by atomic mass is 32.2. The Kier molecular flexibility index (Phi) is 6.32. The molecule has 0 atom stereocenters. The Hall–Kier alpha value is -2.13. The molecule has 1 aromatic carbocycles. The van der Waals surface area contributed by atoms with Crippen LogP contribution in [0.4, 0.5) is 5.69 Å². The van der Waals surface area contributed by atoms with Crippen LogP contribution in [0.1, 0.15) is 19.4 Å². The van der Waals surface area contributed by atoms with Crippen molar-refractivity contribution in [3.8, 4) is 0 Å². The van der Waals surface area contributed by atoms with E-state index >= 15 is 0 Å². The first-order chi connectivity index (χ1) is 10.2. The Labute approximate surface area is 129 Å². The number of hydrogen-bond acceptors (Lipinski definition) is 5. The summed E-state index contributed by atoms with van der Waals surface area (Å²) in [5.41, 5.74) is 1.02. The third-order valence-corrected chi connectivity index (χ3v) is 3.61. The molecule has 0 aliphatic carbocycles. The second-order valence-electron chi connectivity index (χ2n) is 4.43. The lowest BCUT2D eigenvalue weighted by molar-refractivity contribution is -0.141. The van der Waals surface area contributed by atoms with Crippen molar-refractivity contribution in [1.29, 1.82) is 0 Å². The molecular formula is C13H19N3O5S. The molecule has 0 saturated carbocycles. The lowest BCUT2D eigenvalue weighted by Crippen LogP contribution is -2.40. The maximum Gasteiger partial charge on any atom is 0.326 e. The molecule has 8 nitrogen and oxygen atoms in total. The first kappa shape index (κ1) is 17.9. The topological polar surface area (TPSA) is 119 Å². The van der Waals surface area contributed by atoms with E-state index in [1.165, 1.54) is 19.1 Å². The molecule has 0 fully saturated rings. The van der Waals surface area contributed by atoms with Crippen molar-refractivity contribution in [3.05, 3.63) is 29.8 Å². The molecule has 0 heterocycles. The van der Waals surface area contributed by atoms with Crippen LogP contribution in [0.15, 0.2) is 24.3 Å². The summed E-state index contributed by atoms with van der Waals surface area (Å²) in [6, 6.07) is 6.27. The zero-order valence-electron chi connectivity index (χ0n) is 12.4. The van der Waals surface area contributed by atoms with Gasteiger partial charge >= 0.3 is 5.97 Å². The molecule has 0 aliphatic heterocycles. The van der Waals surface area contributed by atoms with Gasteiger partial charge in [0.25, 0.3) is 10.2 Å². The van der Waals surface area contributed by atoms with Gasteiger partial charge in [-0.15, -0.1) is 0 Å². The van der Waals surface area contributed by atoms with Crippen LogP contribution >= 0.6 is 0 Å². The fourth-order valence-electron chi connectivity index (χ4n) is 1.66. The Balaban J connectivity index is 2.91. The summed E-state index contributed by atoms with van der Waals surface area (Å²) in [5.74, 6) is -0.864. The van der Waals surface area contributed by atoms with E-state index in [2.05, 4.69) is 5.32 Å². The van der Waals surface area contributed by atoms with E-state index in [1.807, 2.05) is 0 Å². The van der Waals surface area contributed by atoms with Gasteiger partial charge in [-0.2, -0.15) is 8.42 Å². The van der Waals surface area contributed by atoms with Crippen molar-refractivity contribution in [2.24, 2.45) is 5.14 Å². The summed E-state index contributed by atoms with van der Waals surface area (Å²) < 4.78 is 28.7. The van der Waals surface area contributed by atoms with Gasteiger partial charge in [-0.1, -0.05) is 12.1 Å². The SMILES string of the molecule is CCOC(=O)CN(c1ccc(CNC(C)=O)cc1)S(N)(=O)=O. The molecule has 1 rings (SSSR count). The minimum Gasteiger partial charge on any atom is -0.465 e. The van der Waals surface area contributed by atoms with E-state index < -0.39 is 22.7 Å². The molecule has 0 bridgehead atoms. The number of rotatable bonds is 7.